The highest BCUT2D eigenvalue weighted by Gasteiger charge is 2.08. The van der Waals surface area contributed by atoms with Crippen LogP contribution in [0.1, 0.15) is 11.3 Å². The van der Waals surface area contributed by atoms with E-state index >= 15 is 0 Å². The van der Waals surface area contributed by atoms with Gasteiger partial charge in [0.15, 0.2) is 5.13 Å². The standard InChI is InChI=1S/C13H15N3OS2/c1-8-6-19-13(15-8)16-12(17)7-18-11-5-3-4-10(14)9(11)2/h3-6H,7,14H2,1-2H3,(H,15,16,17). The number of carbonyl (C=O) groups excluding carboxylic acids is 1. The van der Waals surface area contributed by atoms with Crippen molar-refractivity contribution < 1.29 is 4.79 Å². The zero-order valence-electron chi connectivity index (χ0n) is 10.8. The monoisotopic (exact) mass is 293 g/mol. The molecule has 0 saturated carbocycles. The lowest BCUT2D eigenvalue weighted by Crippen LogP contribution is -2.13. The summed E-state index contributed by atoms with van der Waals surface area (Å²) in [7, 11) is 0. The van der Waals surface area contributed by atoms with Crippen LogP contribution in [0.25, 0.3) is 0 Å². The molecular formula is C13H15N3OS2. The maximum absolute atomic E-state index is 11.8. The molecule has 1 amide bonds. The molecule has 1 heterocycles. The molecule has 0 aliphatic rings. The normalized spacial score (nSPS) is 10.4. The van der Waals surface area contributed by atoms with Crippen LogP contribution in [-0.2, 0) is 4.79 Å². The Labute approximate surface area is 120 Å². The molecule has 2 aromatic rings. The first-order valence-corrected chi connectivity index (χ1v) is 7.62. The molecule has 1 aromatic carbocycles. The van der Waals surface area contributed by atoms with Crippen molar-refractivity contribution >= 4 is 39.8 Å². The lowest BCUT2D eigenvalue weighted by molar-refractivity contribution is -0.113. The van der Waals surface area contributed by atoms with E-state index in [9.17, 15) is 4.79 Å². The number of nitrogens with two attached hydrogens (primary N) is 1. The number of amides is 1. The van der Waals surface area contributed by atoms with Gasteiger partial charge in [-0.2, -0.15) is 0 Å². The van der Waals surface area contributed by atoms with Crippen LogP contribution in [0.15, 0.2) is 28.5 Å². The molecule has 0 bridgehead atoms. The van der Waals surface area contributed by atoms with Crippen LogP contribution in [-0.4, -0.2) is 16.6 Å². The Morgan fingerprint density at radius 3 is 2.95 bits per heavy atom. The van der Waals surface area contributed by atoms with E-state index in [4.69, 9.17) is 5.73 Å². The number of carbonyl (C=O) groups is 1. The number of nitrogen functional groups attached to an aromatic ring is 1. The molecule has 3 N–H and O–H groups in total. The molecule has 0 radical (unpaired) electrons. The zero-order valence-corrected chi connectivity index (χ0v) is 12.4. The number of thiazole rings is 1. The number of anilines is 2. The lowest BCUT2D eigenvalue weighted by atomic mass is 10.2. The molecule has 0 saturated heterocycles. The van der Waals surface area contributed by atoms with Gasteiger partial charge in [0.2, 0.25) is 5.91 Å². The summed E-state index contributed by atoms with van der Waals surface area (Å²) in [5.74, 6) is 0.296. The number of thioether (sulfide) groups is 1. The van der Waals surface area contributed by atoms with Gasteiger partial charge in [-0.05, 0) is 31.5 Å². The van der Waals surface area contributed by atoms with Crippen LogP contribution in [0.5, 0.6) is 0 Å². The molecule has 0 atom stereocenters. The second kappa shape index (κ2) is 6.08. The first kappa shape index (κ1) is 13.9. The van der Waals surface area contributed by atoms with E-state index in [0.717, 1.165) is 21.8 Å². The van der Waals surface area contributed by atoms with Gasteiger partial charge in [-0.15, -0.1) is 23.1 Å². The molecule has 0 fully saturated rings. The van der Waals surface area contributed by atoms with E-state index in [-0.39, 0.29) is 5.91 Å². The molecule has 2 rings (SSSR count). The van der Waals surface area contributed by atoms with Gasteiger partial charge in [0, 0.05) is 16.0 Å². The second-order valence-corrected chi connectivity index (χ2v) is 5.98. The van der Waals surface area contributed by atoms with Gasteiger partial charge < -0.3 is 11.1 Å². The average molecular weight is 293 g/mol. The van der Waals surface area contributed by atoms with Crippen LogP contribution in [0.3, 0.4) is 0 Å². The minimum atomic E-state index is -0.0545. The third kappa shape index (κ3) is 3.71. The van der Waals surface area contributed by atoms with E-state index < -0.39 is 0 Å². The number of aromatic nitrogens is 1. The maximum Gasteiger partial charge on any atom is 0.236 e. The van der Waals surface area contributed by atoms with Gasteiger partial charge in [-0.25, -0.2) is 4.98 Å². The van der Waals surface area contributed by atoms with Crippen LogP contribution < -0.4 is 11.1 Å². The molecule has 0 unspecified atom stereocenters. The van der Waals surface area contributed by atoms with Crippen molar-refractivity contribution in [3.05, 3.63) is 34.8 Å². The van der Waals surface area contributed by atoms with Crippen molar-refractivity contribution in [2.45, 2.75) is 18.7 Å². The largest absolute Gasteiger partial charge is 0.398 e. The predicted octanol–water partition coefficient (Wildman–Crippen LogP) is 3.07. The van der Waals surface area contributed by atoms with E-state index in [0.29, 0.717) is 10.9 Å². The van der Waals surface area contributed by atoms with Crippen molar-refractivity contribution in [1.29, 1.82) is 0 Å². The Bertz CT molecular complexity index is 595. The highest BCUT2D eigenvalue weighted by molar-refractivity contribution is 8.00. The summed E-state index contributed by atoms with van der Waals surface area (Å²) in [6.07, 6.45) is 0. The van der Waals surface area contributed by atoms with Crippen LogP contribution in [0.4, 0.5) is 10.8 Å². The SMILES string of the molecule is Cc1csc(NC(=O)CSc2cccc(N)c2C)n1. The first-order valence-electron chi connectivity index (χ1n) is 5.76. The average Bonchev–Trinajstić information content (AvgIpc) is 2.76. The molecule has 1 aromatic heterocycles. The van der Waals surface area contributed by atoms with Gasteiger partial charge in [0.1, 0.15) is 0 Å². The van der Waals surface area contributed by atoms with E-state index in [1.54, 1.807) is 0 Å². The fourth-order valence-electron chi connectivity index (χ4n) is 1.50. The van der Waals surface area contributed by atoms with E-state index in [2.05, 4.69) is 10.3 Å². The third-order valence-corrected chi connectivity index (χ3v) is 4.59. The van der Waals surface area contributed by atoms with Crippen molar-refractivity contribution in [1.82, 2.24) is 4.98 Å². The summed E-state index contributed by atoms with van der Waals surface area (Å²) in [6, 6.07) is 5.72. The minimum Gasteiger partial charge on any atom is -0.398 e. The van der Waals surface area contributed by atoms with Gasteiger partial charge in [-0.1, -0.05) is 6.07 Å². The van der Waals surface area contributed by atoms with E-state index in [1.165, 1.54) is 23.1 Å². The minimum absolute atomic E-state index is 0.0545. The second-order valence-electron chi connectivity index (χ2n) is 4.10. The van der Waals surface area contributed by atoms with Gasteiger partial charge in [0.25, 0.3) is 0 Å². The highest BCUT2D eigenvalue weighted by Crippen LogP contribution is 2.26. The number of hydrogen-bond acceptors (Lipinski definition) is 5. The van der Waals surface area contributed by atoms with Crippen molar-refractivity contribution in [2.75, 3.05) is 16.8 Å². The van der Waals surface area contributed by atoms with Gasteiger partial charge in [-0.3, -0.25) is 4.79 Å². The van der Waals surface area contributed by atoms with Gasteiger partial charge in [0.05, 0.1) is 11.4 Å². The Kier molecular flexibility index (Phi) is 4.44. The number of hydrogen-bond donors (Lipinski definition) is 2. The van der Waals surface area contributed by atoms with Crippen molar-refractivity contribution in [2.24, 2.45) is 0 Å². The summed E-state index contributed by atoms with van der Waals surface area (Å²) >= 11 is 2.91. The number of nitrogens with one attached hydrogen (secondary N) is 1. The Morgan fingerprint density at radius 2 is 2.26 bits per heavy atom. The summed E-state index contributed by atoms with van der Waals surface area (Å²) in [5.41, 5.74) is 8.52. The van der Waals surface area contributed by atoms with Crippen molar-refractivity contribution in [3.8, 4) is 0 Å². The first-order chi connectivity index (χ1) is 9.06. The molecule has 4 nitrogen and oxygen atoms in total. The topological polar surface area (TPSA) is 68.0 Å². The Morgan fingerprint density at radius 1 is 1.47 bits per heavy atom. The van der Waals surface area contributed by atoms with Crippen LogP contribution in [0.2, 0.25) is 0 Å². The fraction of sp³-hybridized carbons (Fsp3) is 0.231. The molecular weight excluding hydrogens is 278 g/mol. The van der Waals surface area contributed by atoms with Gasteiger partial charge >= 0.3 is 0 Å². The fourth-order valence-corrected chi connectivity index (χ4v) is 3.07. The highest BCUT2D eigenvalue weighted by atomic mass is 32.2. The molecule has 100 valence electrons. The van der Waals surface area contributed by atoms with Crippen molar-refractivity contribution in [3.63, 3.8) is 0 Å². The third-order valence-electron chi connectivity index (χ3n) is 2.55. The summed E-state index contributed by atoms with van der Waals surface area (Å²) in [6.45, 7) is 3.86. The maximum atomic E-state index is 11.8. The molecule has 0 spiro atoms. The lowest BCUT2D eigenvalue weighted by Gasteiger charge is -2.07. The molecule has 19 heavy (non-hydrogen) atoms. The molecule has 0 aliphatic carbocycles. The zero-order chi connectivity index (χ0) is 13.8. The van der Waals surface area contributed by atoms with E-state index in [1.807, 2.05) is 37.4 Å². The Balaban J connectivity index is 1.91. The number of aryl methyl sites for hydroxylation is 1. The molecule has 6 heteroatoms. The summed E-state index contributed by atoms with van der Waals surface area (Å²) in [5, 5.41) is 5.34. The van der Waals surface area contributed by atoms with Crippen LogP contribution >= 0.6 is 23.1 Å². The predicted molar refractivity (Wildman–Crippen MR) is 81.8 cm³/mol. The smallest absolute Gasteiger partial charge is 0.236 e. The number of benzene rings is 1. The summed E-state index contributed by atoms with van der Waals surface area (Å²) in [4.78, 5) is 17.0. The number of nitrogens with zero attached hydrogens (tertiary/aromatic N) is 1. The van der Waals surface area contributed by atoms with Crippen LogP contribution in [0, 0.1) is 13.8 Å². The quantitative estimate of drug-likeness (QED) is 0.671. The summed E-state index contributed by atoms with van der Waals surface area (Å²) < 4.78 is 0. The number of rotatable bonds is 4. The molecule has 0 aliphatic heterocycles. The Hall–Kier alpha value is -1.53.